The van der Waals surface area contributed by atoms with Crippen molar-refractivity contribution in [3.8, 4) is 0 Å². The van der Waals surface area contributed by atoms with Gasteiger partial charge in [-0.15, -0.1) is 0 Å². The lowest BCUT2D eigenvalue weighted by Gasteiger charge is -2.10. The Labute approximate surface area is 87.9 Å². The summed E-state index contributed by atoms with van der Waals surface area (Å²) in [5, 5.41) is 3.00. The average molecular weight is 217 g/mol. The summed E-state index contributed by atoms with van der Waals surface area (Å²) in [6, 6.07) is 0. The normalized spacial score (nSPS) is 21.1. The summed E-state index contributed by atoms with van der Waals surface area (Å²) >= 11 is 5.50. The molecule has 1 unspecified atom stereocenters. The van der Waals surface area contributed by atoms with Crippen molar-refractivity contribution < 1.29 is 9.59 Å². The van der Waals surface area contributed by atoms with Gasteiger partial charge in [-0.2, -0.15) is 0 Å². The quantitative estimate of drug-likeness (QED) is 0.740. The zero-order valence-corrected chi connectivity index (χ0v) is 8.80. The van der Waals surface area contributed by atoms with E-state index in [1.807, 2.05) is 0 Å². The smallest absolute Gasteiger partial charge is 0.225 e. The Bertz CT molecular complexity index is 278. The summed E-state index contributed by atoms with van der Waals surface area (Å²) in [6.07, 6.45) is 0.289. The number of nitrogens with zero attached hydrogens (tertiary/aromatic N) is 1. The predicted molar refractivity (Wildman–Crippen MR) is 53.7 cm³/mol. The van der Waals surface area contributed by atoms with Crippen LogP contribution in [0.4, 0.5) is 0 Å². The highest BCUT2D eigenvalue weighted by Crippen LogP contribution is 2.15. The van der Waals surface area contributed by atoms with Crippen molar-refractivity contribution in [2.75, 3.05) is 20.1 Å². The molecule has 14 heavy (non-hydrogen) atoms. The number of carbonyl (C=O) groups excluding carboxylic acids is 2. The summed E-state index contributed by atoms with van der Waals surface area (Å²) in [4.78, 5) is 24.1. The first kappa shape index (κ1) is 11.0. The fourth-order valence-corrected chi connectivity index (χ4v) is 1.43. The summed E-state index contributed by atoms with van der Waals surface area (Å²) in [5.41, 5.74) is 0. The van der Waals surface area contributed by atoms with Gasteiger partial charge in [0.15, 0.2) is 0 Å². The van der Waals surface area contributed by atoms with E-state index >= 15 is 0 Å². The van der Waals surface area contributed by atoms with E-state index in [1.54, 1.807) is 11.9 Å². The molecule has 78 valence electrons. The molecule has 0 aromatic rings. The Morgan fingerprint density at radius 1 is 1.79 bits per heavy atom. The number of rotatable bonds is 3. The van der Waals surface area contributed by atoms with Crippen LogP contribution in [0.1, 0.15) is 6.42 Å². The zero-order chi connectivity index (χ0) is 10.7. The SMILES string of the molecule is C=C(Cl)CNC(=O)C1CC(=O)N(C)C1. The van der Waals surface area contributed by atoms with Crippen LogP contribution in [0.15, 0.2) is 11.6 Å². The fraction of sp³-hybridized carbons (Fsp3) is 0.556. The standard InChI is InChI=1S/C9H13ClN2O2/c1-6(10)4-11-9(14)7-3-8(13)12(2)5-7/h7H,1,3-5H2,2H3,(H,11,14). The molecule has 2 amide bonds. The molecule has 1 atom stereocenters. The van der Waals surface area contributed by atoms with E-state index in [4.69, 9.17) is 11.6 Å². The monoisotopic (exact) mass is 216 g/mol. The first-order chi connectivity index (χ1) is 6.50. The van der Waals surface area contributed by atoms with Gasteiger partial charge in [-0.25, -0.2) is 0 Å². The third kappa shape index (κ3) is 2.73. The molecule has 1 aliphatic rings. The molecule has 0 saturated carbocycles. The van der Waals surface area contributed by atoms with E-state index in [9.17, 15) is 9.59 Å². The fourth-order valence-electron chi connectivity index (χ4n) is 1.37. The Morgan fingerprint density at radius 2 is 2.43 bits per heavy atom. The van der Waals surface area contributed by atoms with E-state index < -0.39 is 0 Å². The molecule has 0 aromatic carbocycles. The van der Waals surface area contributed by atoms with Crippen LogP contribution in [0.2, 0.25) is 0 Å². The molecular formula is C9H13ClN2O2. The van der Waals surface area contributed by atoms with Gasteiger partial charge in [-0.05, 0) is 0 Å². The molecule has 5 heteroatoms. The van der Waals surface area contributed by atoms with Crippen molar-refractivity contribution >= 4 is 23.4 Å². The number of halogens is 1. The van der Waals surface area contributed by atoms with E-state index in [-0.39, 0.29) is 30.7 Å². The van der Waals surface area contributed by atoms with Crippen LogP contribution in [-0.2, 0) is 9.59 Å². The van der Waals surface area contributed by atoms with Crippen molar-refractivity contribution in [1.29, 1.82) is 0 Å². The Kier molecular flexibility index (Phi) is 3.52. The van der Waals surface area contributed by atoms with Gasteiger partial charge >= 0.3 is 0 Å². The lowest BCUT2D eigenvalue weighted by molar-refractivity contribution is -0.128. The average Bonchev–Trinajstić information content (AvgIpc) is 2.43. The van der Waals surface area contributed by atoms with Crippen LogP contribution in [0.25, 0.3) is 0 Å². The number of nitrogens with one attached hydrogen (secondary N) is 1. The Hall–Kier alpha value is -1.03. The molecule has 0 radical (unpaired) electrons. The van der Waals surface area contributed by atoms with Gasteiger partial charge in [-0.1, -0.05) is 18.2 Å². The van der Waals surface area contributed by atoms with Crippen molar-refractivity contribution in [1.82, 2.24) is 10.2 Å². The van der Waals surface area contributed by atoms with E-state index in [2.05, 4.69) is 11.9 Å². The lowest BCUT2D eigenvalue weighted by Crippen LogP contribution is -2.32. The lowest BCUT2D eigenvalue weighted by atomic mass is 10.1. The van der Waals surface area contributed by atoms with Gasteiger partial charge in [0.25, 0.3) is 0 Å². The summed E-state index contributed by atoms with van der Waals surface area (Å²) in [7, 11) is 1.69. The second-order valence-electron chi connectivity index (χ2n) is 3.41. The first-order valence-electron chi connectivity index (χ1n) is 4.35. The maximum Gasteiger partial charge on any atom is 0.225 e. The molecule has 1 fully saturated rings. The van der Waals surface area contributed by atoms with Crippen LogP contribution in [-0.4, -0.2) is 36.9 Å². The molecule has 4 nitrogen and oxygen atoms in total. The van der Waals surface area contributed by atoms with E-state index in [0.29, 0.717) is 11.6 Å². The van der Waals surface area contributed by atoms with Gasteiger partial charge < -0.3 is 10.2 Å². The minimum absolute atomic E-state index is 0.00912. The highest BCUT2D eigenvalue weighted by atomic mass is 35.5. The first-order valence-corrected chi connectivity index (χ1v) is 4.73. The summed E-state index contributed by atoms with van der Waals surface area (Å²) in [6.45, 7) is 4.20. The summed E-state index contributed by atoms with van der Waals surface area (Å²) in [5.74, 6) is -0.372. The number of hydrogen-bond donors (Lipinski definition) is 1. The van der Waals surface area contributed by atoms with Gasteiger partial charge in [0, 0.05) is 25.0 Å². The van der Waals surface area contributed by atoms with Crippen LogP contribution < -0.4 is 5.32 Å². The minimum Gasteiger partial charge on any atom is -0.351 e. The van der Waals surface area contributed by atoms with E-state index in [1.165, 1.54) is 0 Å². The van der Waals surface area contributed by atoms with Gasteiger partial charge in [0.1, 0.15) is 0 Å². The van der Waals surface area contributed by atoms with Crippen molar-refractivity contribution in [3.05, 3.63) is 11.6 Å². The molecule has 0 spiro atoms. The number of hydrogen-bond acceptors (Lipinski definition) is 2. The second kappa shape index (κ2) is 4.46. The third-order valence-corrected chi connectivity index (χ3v) is 2.30. The maximum absolute atomic E-state index is 11.5. The molecule has 1 heterocycles. The molecule has 0 aliphatic carbocycles. The highest BCUT2D eigenvalue weighted by Gasteiger charge is 2.31. The number of likely N-dealkylation sites (tertiary alicyclic amines) is 1. The van der Waals surface area contributed by atoms with Crippen LogP contribution in [0.5, 0.6) is 0 Å². The molecular weight excluding hydrogens is 204 g/mol. The third-order valence-electron chi connectivity index (χ3n) is 2.17. The van der Waals surface area contributed by atoms with Crippen LogP contribution in [0, 0.1) is 5.92 Å². The largest absolute Gasteiger partial charge is 0.351 e. The summed E-state index contributed by atoms with van der Waals surface area (Å²) < 4.78 is 0. The van der Waals surface area contributed by atoms with Crippen LogP contribution in [0.3, 0.4) is 0 Å². The zero-order valence-electron chi connectivity index (χ0n) is 8.05. The Morgan fingerprint density at radius 3 is 2.86 bits per heavy atom. The minimum atomic E-state index is -0.247. The predicted octanol–water partition coefficient (Wildman–Crippen LogP) is 0.333. The van der Waals surface area contributed by atoms with Gasteiger partial charge in [0.05, 0.1) is 12.5 Å². The molecule has 1 saturated heterocycles. The van der Waals surface area contributed by atoms with Crippen molar-refractivity contribution in [2.24, 2.45) is 5.92 Å². The topological polar surface area (TPSA) is 49.4 Å². The van der Waals surface area contributed by atoms with Gasteiger partial charge in [-0.3, -0.25) is 9.59 Å². The molecule has 0 bridgehead atoms. The Balaban J connectivity index is 2.39. The van der Waals surface area contributed by atoms with E-state index in [0.717, 1.165) is 0 Å². The van der Waals surface area contributed by atoms with Crippen molar-refractivity contribution in [3.63, 3.8) is 0 Å². The van der Waals surface area contributed by atoms with Crippen LogP contribution >= 0.6 is 11.6 Å². The molecule has 0 aromatic heterocycles. The van der Waals surface area contributed by atoms with Gasteiger partial charge in [0.2, 0.25) is 11.8 Å². The number of amides is 2. The second-order valence-corrected chi connectivity index (χ2v) is 3.94. The maximum atomic E-state index is 11.5. The number of carbonyl (C=O) groups is 2. The molecule has 1 rings (SSSR count). The highest BCUT2D eigenvalue weighted by molar-refractivity contribution is 6.29. The van der Waals surface area contributed by atoms with Crippen molar-refractivity contribution in [2.45, 2.75) is 6.42 Å². The molecule has 1 aliphatic heterocycles. The molecule has 1 N–H and O–H groups in total.